The molecule has 0 spiro atoms. The number of carbonyl (C=O) groups is 1. The number of carbonyl (C=O) groups excluding carboxylic acids is 1. The van der Waals surface area contributed by atoms with Crippen LogP contribution in [0.2, 0.25) is 0 Å². The summed E-state index contributed by atoms with van der Waals surface area (Å²) in [7, 11) is 0. The summed E-state index contributed by atoms with van der Waals surface area (Å²) < 4.78 is 0. The Morgan fingerprint density at radius 3 is 2.31 bits per heavy atom. The number of rotatable bonds is 8. The van der Waals surface area contributed by atoms with Crippen molar-refractivity contribution in [3.63, 3.8) is 0 Å². The van der Waals surface area contributed by atoms with Crippen molar-refractivity contribution in [3.05, 3.63) is 41.6 Å². The number of benzene rings is 1. The standard InChI is InChI=1S/C20H29N5O/c1-13(2)25(14(3)4)11-10-22-19-15(5)12-23-20(24-19)17-8-6-16(7-9-17)18(21)26/h6-9,12-14H,10-11H2,1-5H3,(H2,21,26)(H,22,23,24). The fourth-order valence-electron chi connectivity index (χ4n) is 2.96. The summed E-state index contributed by atoms with van der Waals surface area (Å²) in [6.45, 7) is 12.6. The molecule has 0 radical (unpaired) electrons. The lowest BCUT2D eigenvalue weighted by Crippen LogP contribution is -2.40. The first-order valence-electron chi connectivity index (χ1n) is 9.03. The first-order chi connectivity index (χ1) is 12.3. The molecule has 6 heteroatoms. The van der Waals surface area contributed by atoms with E-state index in [1.807, 2.05) is 25.3 Å². The number of nitrogens with zero attached hydrogens (tertiary/aromatic N) is 3. The number of primary amides is 1. The smallest absolute Gasteiger partial charge is 0.248 e. The third-order valence-corrected chi connectivity index (χ3v) is 4.39. The summed E-state index contributed by atoms with van der Waals surface area (Å²) in [6, 6.07) is 8.01. The zero-order valence-electron chi connectivity index (χ0n) is 16.3. The Bertz CT molecular complexity index is 732. The van der Waals surface area contributed by atoms with Gasteiger partial charge in [-0.3, -0.25) is 9.69 Å². The number of anilines is 1. The third kappa shape index (κ3) is 5.02. The molecule has 6 nitrogen and oxygen atoms in total. The van der Waals surface area contributed by atoms with Crippen LogP contribution < -0.4 is 11.1 Å². The van der Waals surface area contributed by atoms with Crippen molar-refractivity contribution in [1.82, 2.24) is 14.9 Å². The minimum Gasteiger partial charge on any atom is -0.368 e. The number of hydrogen-bond acceptors (Lipinski definition) is 5. The van der Waals surface area contributed by atoms with Crippen molar-refractivity contribution in [3.8, 4) is 11.4 Å². The van der Waals surface area contributed by atoms with Crippen LogP contribution in [-0.4, -0.2) is 45.9 Å². The van der Waals surface area contributed by atoms with Crippen LogP contribution in [0.1, 0.15) is 43.6 Å². The van der Waals surface area contributed by atoms with Crippen LogP contribution in [0.3, 0.4) is 0 Å². The Kier molecular flexibility index (Phi) is 6.69. The lowest BCUT2D eigenvalue weighted by Gasteiger charge is -2.30. The van der Waals surface area contributed by atoms with E-state index in [0.29, 0.717) is 23.5 Å². The maximum atomic E-state index is 11.2. The Morgan fingerprint density at radius 2 is 1.77 bits per heavy atom. The topological polar surface area (TPSA) is 84.1 Å². The lowest BCUT2D eigenvalue weighted by atomic mass is 10.1. The molecule has 0 bridgehead atoms. The Balaban J connectivity index is 2.10. The van der Waals surface area contributed by atoms with Gasteiger partial charge in [-0.2, -0.15) is 0 Å². The van der Waals surface area contributed by atoms with E-state index in [4.69, 9.17) is 5.73 Å². The summed E-state index contributed by atoms with van der Waals surface area (Å²) in [4.78, 5) is 22.7. The van der Waals surface area contributed by atoms with Crippen LogP contribution in [-0.2, 0) is 0 Å². The zero-order valence-corrected chi connectivity index (χ0v) is 16.3. The summed E-state index contributed by atoms with van der Waals surface area (Å²) in [5.74, 6) is 1.02. The van der Waals surface area contributed by atoms with Gasteiger partial charge < -0.3 is 11.1 Å². The summed E-state index contributed by atoms with van der Waals surface area (Å²) >= 11 is 0. The van der Waals surface area contributed by atoms with Gasteiger partial charge in [0.25, 0.3) is 0 Å². The van der Waals surface area contributed by atoms with Crippen molar-refractivity contribution in [2.45, 2.75) is 46.7 Å². The monoisotopic (exact) mass is 355 g/mol. The second-order valence-electron chi connectivity index (χ2n) is 7.02. The third-order valence-electron chi connectivity index (χ3n) is 4.39. The highest BCUT2D eigenvalue weighted by atomic mass is 16.1. The summed E-state index contributed by atoms with van der Waals surface area (Å²) in [5.41, 5.74) is 7.61. The minimum atomic E-state index is -0.441. The van der Waals surface area contributed by atoms with E-state index in [2.05, 4.69) is 47.9 Å². The quantitative estimate of drug-likeness (QED) is 0.760. The normalized spacial score (nSPS) is 11.4. The van der Waals surface area contributed by atoms with Crippen LogP contribution in [0.4, 0.5) is 5.82 Å². The van der Waals surface area contributed by atoms with E-state index in [0.717, 1.165) is 30.0 Å². The van der Waals surface area contributed by atoms with Crippen LogP contribution in [0.25, 0.3) is 11.4 Å². The fraction of sp³-hybridized carbons (Fsp3) is 0.450. The van der Waals surface area contributed by atoms with Gasteiger partial charge in [-0.25, -0.2) is 9.97 Å². The predicted molar refractivity (Wildman–Crippen MR) is 106 cm³/mol. The summed E-state index contributed by atoms with van der Waals surface area (Å²) in [5, 5.41) is 3.43. The van der Waals surface area contributed by atoms with Crippen molar-refractivity contribution in [1.29, 1.82) is 0 Å². The number of nitrogens with one attached hydrogen (secondary N) is 1. The molecule has 26 heavy (non-hydrogen) atoms. The number of aryl methyl sites for hydroxylation is 1. The molecule has 0 aliphatic heterocycles. The molecule has 1 aromatic heterocycles. The van der Waals surface area contributed by atoms with E-state index in [1.54, 1.807) is 12.1 Å². The van der Waals surface area contributed by atoms with E-state index in [9.17, 15) is 4.79 Å². The second kappa shape index (κ2) is 8.76. The highest BCUT2D eigenvalue weighted by Crippen LogP contribution is 2.19. The van der Waals surface area contributed by atoms with Crippen LogP contribution >= 0.6 is 0 Å². The molecule has 2 aromatic rings. The molecule has 0 saturated carbocycles. The van der Waals surface area contributed by atoms with Crippen molar-refractivity contribution in [2.24, 2.45) is 5.73 Å². The van der Waals surface area contributed by atoms with Crippen LogP contribution in [0, 0.1) is 6.92 Å². The summed E-state index contributed by atoms with van der Waals surface area (Å²) in [6.07, 6.45) is 1.81. The molecule has 0 fully saturated rings. The van der Waals surface area contributed by atoms with Crippen molar-refractivity contribution in [2.75, 3.05) is 18.4 Å². The molecule has 0 unspecified atom stereocenters. The Hall–Kier alpha value is -2.47. The average molecular weight is 355 g/mol. The van der Waals surface area contributed by atoms with E-state index in [1.165, 1.54) is 0 Å². The van der Waals surface area contributed by atoms with Crippen molar-refractivity contribution < 1.29 is 4.79 Å². The lowest BCUT2D eigenvalue weighted by molar-refractivity contribution is 0.100. The molecule has 0 saturated heterocycles. The molecule has 1 amide bonds. The van der Waals surface area contributed by atoms with Gasteiger partial charge in [-0.05, 0) is 46.8 Å². The number of amides is 1. The van der Waals surface area contributed by atoms with Crippen LogP contribution in [0.15, 0.2) is 30.5 Å². The first-order valence-corrected chi connectivity index (χ1v) is 9.03. The van der Waals surface area contributed by atoms with Gasteiger partial charge >= 0.3 is 0 Å². The SMILES string of the molecule is Cc1cnc(-c2ccc(C(N)=O)cc2)nc1NCCN(C(C)C)C(C)C. The van der Waals surface area contributed by atoms with E-state index >= 15 is 0 Å². The number of hydrogen-bond donors (Lipinski definition) is 2. The highest BCUT2D eigenvalue weighted by Gasteiger charge is 2.13. The molecule has 1 aromatic carbocycles. The number of nitrogens with two attached hydrogens (primary N) is 1. The molecule has 0 aliphatic carbocycles. The van der Waals surface area contributed by atoms with Gasteiger partial charge in [0.2, 0.25) is 5.91 Å². The van der Waals surface area contributed by atoms with Crippen LogP contribution in [0.5, 0.6) is 0 Å². The first kappa shape index (κ1) is 19.8. The largest absolute Gasteiger partial charge is 0.368 e. The molecular weight excluding hydrogens is 326 g/mol. The molecule has 1 heterocycles. The zero-order chi connectivity index (χ0) is 19.3. The molecular formula is C20H29N5O. The Labute approximate surface area is 155 Å². The molecule has 2 rings (SSSR count). The van der Waals surface area contributed by atoms with Gasteiger partial charge in [0.15, 0.2) is 5.82 Å². The highest BCUT2D eigenvalue weighted by molar-refractivity contribution is 5.93. The molecule has 0 atom stereocenters. The maximum absolute atomic E-state index is 11.2. The molecule has 3 N–H and O–H groups in total. The molecule has 140 valence electrons. The molecule has 0 aliphatic rings. The Morgan fingerprint density at radius 1 is 1.15 bits per heavy atom. The van der Waals surface area contributed by atoms with Crippen molar-refractivity contribution >= 4 is 11.7 Å². The average Bonchev–Trinajstić information content (AvgIpc) is 2.59. The van der Waals surface area contributed by atoms with Gasteiger partial charge in [-0.1, -0.05) is 12.1 Å². The van der Waals surface area contributed by atoms with E-state index in [-0.39, 0.29) is 0 Å². The minimum absolute atomic E-state index is 0.441. The van der Waals surface area contributed by atoms with Gasteiger partial charge in [0, 0.05) is 48.1 Å². The second-order valence-corrected chi connectivity index (χ2v) is 7.02. The number of aromatic nitrogens is 2. The maximum Gasteiger partial charge on any atom is 0.248 e. The predicted octanol–water partition coefficient (Wildman–Crippen LogP) is 3.08. The van der Waals surface area contributed by atoms with Gasteiger partial charge in [-0.15, -0.1) is 0 Å². The fourth-order valence-corrected chi connectivity index (χ4v) is 2.96. The van der Waals surface area contributed by atoms with E-state index < -0.39 is 5.91 Å². The van der Waals surface area contributed by atoms with Gasteiger partial charge in [0.05, 0.1) is 0 Å². The van der Waals surface area contributed by atoms with Gasteiger partial charge in [0.1, 0.15) is 5.82 Å².